The van der Waals surface area contributed by atoms with E-state index in [0.717, 1.165) is 17.9 Å². The summed E-state index contributed by atoms with van der Waals surface area (Å²) in [6.45, 7) is 0. The molecule has 0 bridgehead atoms. The van der Waals surface area contributed by atoms with Gasteiger partial charge < -0.3 is 4.74 Å². The molecule has 0 radical (unpaired) electrons. The van der Waals surface area contributed by atoms with Crippen molar-refractivity contribution in [3.8, 4) is 5.75 Å². The Bertz CT molecular complexity index is 361. The Kier molecular flexibility index (Phi) is 3.26. The van der Waals surface area contributed by atoms with Crippen LogP contribution in [-0.2, 0) is 0 Å². The molecule has 1 aliphatic heterocycles. The maximum absolute atomic E-state index is 12.1. The van der Waals surface area contributed by atoms with Crippen molar-refractivity contribution in [2.24, 2.45) is 5.92 Å². The molecule has 1 atom stereocenters. The van der Waals surface area contributed by atoms with Crippen LogP contribution in [0.15, 0.2) is 18.3 Å². The highest BCUT2D eigenvalue weighted by Crippen LogP contribution is 2.28. The van der Waals surface area contributed by atoms with E-state index in [1.54, 1.807) is 25.4 Å². The van der Waals surface area contributed by atoms with Crippen LogP contribution in [0.1, 0.15) is 16.9 Å². The quantitative estimate of drug-likeness (QED) is 0.735. The summed E-state index contributed by atoms with van der Waals surface area (Å²) in [6, 6.07) is 3.56. The minimum absolute atomic E-state index is 0.123. The van der Waals surface area contributed by atoms with Gasteiger partial charge in [0.2, 0.25) is 0 Å². The summed E-state index contributed by atoms with van der Waals surface area (Å²) in [5.41, 5.74) is 0.479. The van der Waals surface area contributed by atoms with Gasteiger partial charge >= 0.3 is 0 Å². The topological polar surface area (TPSA) is 39.2 Å². The molecule has 1 unspecified atom stereocenters. The number of hydrogen-bond donors (Lipinski definition) is 0. The number of methoxy groups -OCH3 is 1. The number of rotatable bonds is 3. The zero-order valence-corrected chi connectivity index (χ0v) is 9.42. The van der Waals surface area contributed by atoms with Gasteiger partial charge in [-0.05, 0) is 24.3 Å². The maximum atomic E-state index is 12.1. The molecule has 1 aromatic heterocycles. The molecule has 0 aromatic carbocycles. The zero-order valence-electron chi connectivity index (χ0n) is 8.60. The van der Waals surface area contributed by atoms with Crippen LogP contribution < -0.4 is 4.74 Å². The Labute approximate surface area is 93.2 Å². The number of Topliss-reactive ketones (excluding diaryl/α,β-unsaturated/α-hetero) is 1. The highest BCUT2D eigenvalue weighted by molar-refractivity contribution is 7.99. The molecule has 0 spiro atoms. The molecular weight excluding hydrogens is 210 g/mol. The van der Waals surface area contributed by atoms with Crippen LogP contribution in [0, 0.1) is 5.92 Å². The van der Waals surface area contributed by atoms with Gasteiger partial charge in [-0.3, -0.25) is 4.79 Å². The van der Waals surface area contributed by atoms with E-state index >= 15 is 0 Å². The molecule has 2 rings (SSSR count). The van der Waals surface area contributed by atoms with E-state index in [4.69, 9.17) is 4.74 Å². The third-order valence-electron chi connectivity index (χ3n) is 2.52. The van der Waals surface area contributed by atoms with Crippen LogP contribution in [0.2, 0.25) is 0 Å². The van der Waals surface area contributed by atoms with E-state index in [1.165, 1.54) is 0 Å². The van der Waals surface area contributed by atoms with Crippen molar-refractivity contribution < 1.29 is 9.53 Å². The highest BCUT2D eigenvalue weighted by atomic mass is 32.2. The third-order valence-corrected chi connectivity index (χ3v) is 3.69. The third kappa shape index (κ3) is 2.15. The Balaban J connectivity index is 2.24. The lowest BCUT2D eigenvalue weighted by atomic mass is 10.0. The Morgan fingerprint density at radius 3 is 3.20 bits per heavy atom. The summed E-state index contributed by atoms with van der Waals surface area (Å²) >= 11 is 1.83. The van der Waals surface area contributed by atoms with E-state index in [0.29, 0.717) is 11.4 Å². The van der Waals surface area contributed by atoms with Crippen molar-refractivity contribution in [2.45, 2.75) is 6.42 Å². The number of carbonyl (C=O) groups excluding carboxylic acids is 1. The van der Waals surface area contributed by atoms with Crippen LogP contribution in [0.5, 0.6) is 5.75 Å². The minimum Gasteiger partial charge on any atom is -0.494 e. The SMILES string of the molecule is COc1cccnc1C(=O)C1CCSC1. The number of carbonyl (C=O) groups is 1. The fourth-order valence-corrected chi connectivity index (χ4v) is 2.90. The van der Waals surface area contributed by atoms with Gasteiger partial charge in [0.1, 0.15) is 11.4 Å². The number of nitrogens with zero attached hydrogens (tertiary/aromatic N) is 1. The van der Waals surface area contributed by atoms with Gasteiger partial charge in [0, 0.05) is 17.9 Å². The summed E-state index contributed by atoms with van der Waals surface area (Å²) in [5, 5.41) is 0. The molecule has 15 heavy (non-hydrogen) atoms. The maximum Gasteiger partial charge on any atom is 0.188 e. The van der Waals surface area contributed by atoms with E-state index in [-0.39, 0.29) is 11.7 Å². The van der Waals surface area contributed by atoms with Crippen molar-refractivity contribution >= 4 is 17.5 Å². The molecule has 1 fully saturated rings. The fourth-order valence-electron chi connectivity index (χ4n) is 1.67. The molecule has 0 saturated carbocycles. The van der Waals surface area contributed by atoms with Crippen molar-refractivity contribution in [2.75, 3.05) is 18.6 Å². The van der Waals surface area contributed by atoms with Crippen LogP contribution in [0.25, 0.3) is 0 Å². The molecular formula is C11H13NO2S. The second-order valence-corrected chi connectivity index (χ2v) is 4.63. The lowest BCUT2D eigenvalue weighted by Crippen LogP contribution is -2.16. The highest BCUT2D eigenvalue weighted by Gasteiger charge is 2.27. The number of hydrogen-bond acceptors (Lipinski definition) is 4. The summed E-state index contributed by atoms with van der Waals surface area (Å²) in [6.07, 6.45) is 2.60. The molecule has 3 nitrogen and oxygen atoms in total. The monoisotopic (exact) mass is 223 g/mol. The Morgan fingerprint density at radius 1 is 1.67 bits per heavy atom. The lowest BCUT2D eigenvalue weighted by molar-refractivity contribution is 0.0925. The van der Waals surface area contributed by atoms with Crippen LogP contribution in [0.3, 0.4) is 0 Å². The van der Waals surface area contributed by atoms with Crippen molar-refractivity contribution in [1.29, 1.82) is 0 Å². The molecule has 2 heterocycles. The summed E-state index contributed by atoms with van der Waals surface area (Å²) in [7, 11) is 1.57. The number of ketones is 1. The molecule has 80 valence electrons. The first-order valence-corrected chi connectivity index (χ1v) is 6.09. The van der Waals surface area contributed by atoms with Gasteiger partial charge in [-0.15, -0.1) is 0 Å². The van der Waals surface area contributed by atoms with Crippen molar-refractivity contribution in [3.63, 3.8) is 0 Å². The number of thioether (sulfide) groups is 1. The van der Waals surface area contributed by atoms with Gasteiger partial charge in [0.15, 0.2) is 5.78 Å². The van der Waals surface area contributed by atoms with Gasteiger partial charge in [0.25, 0.3) is 0 Å². The normalized spacial score (nSPS) is 20.2. The number of pyridine rings is 1. The van der Waals surface area contributed by atoms with Gasteiger partial charge in [0.05, 0.1) is 7.11 Å². The van der Waals surface area contributed by atoms with Crippen LogP contribution in [0.4, 0.5) is 0 Å². The van der Waals surface area contributed by atoms with Crippen molar-refractivity contribution in [3.05, 3.63) is 24.0 Å². The lowest BCUT2D eigenvalue weighted by Gasteiger charge is -2.09. The van der Waals surface area contributed by atoms with Crippen LogP contribution in [-0.4, -0.2) is 29.4 Å². The molecule has 0 aliphatic carbocycles. The molecule has 0 N–H and O–H groups in total. The predicted molar refractivity (Wildman–Crippen MR) is 60.6 cm³/mol. The van der Waals surface area contributed by atoms with E-state index < -0.39 is 0 Å². The molecule has 4 heteroatoms. The van der Waals surface area contributed by atoms with Gasteiger partial charge in [-0.1, -0.05) is 0 Å². The second kappa shape index (κ2) is 4.66. The molecule has 1 aliphatic rings. The smallest absolute Gasteiger partial charge is 0.188 e. The van der Waals surface area contributed by atoms with E-state index in [1.807, 2.05) is 11.8 Å². The zero-order chi connectivity index (χ0) is 10.7. The average Bonchev–Trinajstić information content (AvgIpc) is 2.81. The predicted octanol–water partition coefficient (Wildman–Crippen LogP) is 2.03. The second-order valence-electron chi connectivity index (χ2n) is 3.48. The summed E-state index contributed by atoms with van der Waals surface area (Å²) in [4.78, 5) is 16.2. The standard InChI is InChI=1S/C11H13NO2S/c1-14-9-3-2-5-12-10(9)11(13)8-4-6-15-7-8/h2-3,5,8H,4,6-7H2,1H3. The first-order valence-electron chi connectivity index (χ1n) is 4.94. The fraction of sp³-hybridized carbons (Fsp3) is 0.455. The first-order chi connectivity index (χ1) is 7.33. The Morgan fingerprint density at radius 2 is 2.53 bits per heavy atom. The van der Waals surface area contributed by atoms with Crippen LogP contribution >= 0.6 is 11.8 Å². The first kappa shape index (κ1) is 10.5. The summed E-state index contributed by atoms with van der Waals surface area (Å²) in [5.74, 6) is 2.82. The summed E-state index contributed by atoms with van der Waals surface area (Å²) < 4.78 is 5.14. The number of aromatic nitrogens is 1. The molecule has 1 aromatic rings. The van der Waals surface area contributed by atoms with E-state index in [2.05, 4.69) is 4.98 Å². The minimum atomic E-state index is 0.123. The molecule has 0 amide bonds. The number of ether oxygens (including phenoxy) is 1. The molecule has 1 saturated heterocycles. The van der Waals surface area contributed by atoms with Gasteiger partial charge in [-0.2, -0.15) is 11.8 Å². The van der Waals surface area contributed by atoms with Crippen molar-refractivity contribution in [1.82, 2.24) is 4.98 Å². The van der Waals surface area contributed by atoms with E-state index in [9.17, 15) is 4.79 Å². The average molecular weight is 223 g/mol. The Hall–Kier alpha value is -1.03. The van der Waals surface area contributed by atoms with Gasteiger partial charge in [-0.25, -0.2) is 4.98 Å². The largest absolute Gasteiger partial charge is 0.494 e.